The first-order valence-corrected chi connectivity index (χ1v) is 7.99. The second kappa shape index (κ2) is 6.40. The molecule has 0 radical (unpaired) electrons. The molecule has 0 aromatic rings. The lowest BCUT2D eigenvalue weighted by atomic mass is 10.1. The third-order valence-electron chi connectivity index (χ3n) is 3.34. The first-order chi connectivity index (χ1) is 8.00. The highest BCUT2D eigenvalue weighted by molar-refractivity contribution is 6.08. The van der Waals surface area contributed by atoms with Crippen LogP contribution in [0.2, 0.25) is 0 Å². The Morgan fingerprint density at radius 3 is 2.82 bits per heavy atom. The standard InChI is InChI=1S/C12H25NO3Si/c1-4-12(2,3)16-11(14)13-7-5-6-10(13)8-15-9-17/h10H,4-9H2,1-3,17H3. The van der Waals surface area contributed by atoms with Crippen molar-refractivity contribution in [3.8, 4) is 0 Å². The van der Waals surface area contributed by atoms with E-state index in [9.17, 15) is 4.79 Å². The number of carbonyl (C=O) groups excluding carboxylic acids is 1. The summed E-state index contributed by atoms with van der Waals surface area (Å²) in [5.41, 5.74) is -0.372. The fourth-order valence-electron chi connectivity index (χ4n) is 1.87. The molecule has 1 heterocycles. The molecule has 0 spiro atoms. The quantitative estimate of drug-likeness (QED) is 0.694. The topological polar surface area (TPSA) is 38.8 Å². The largest absolute Gasteiger partial charge is 0.443 e. The molecule has 1 fully saturated rings. The van der Waals surface area contributed by atoms with E-state index < -0.39 is 0 Å². The van der Waals surface area contributed by atoms with Gasteiger partial charge in [0, 0.05) is 23.0 Å². The van der Waals surface area contributed by atoms with Gasteiger partial charge in [0.25, 0.3) is 0 Å². The maximum absolute atomic E-state index is 12.1. The zero-order chi connectivity index (χ0) is 12.9. The number of carbonyl (C=O) groups is 1. The summed E-state index contributed by atoms with van der Waals surface area (Å²) in [4.78, 5) is 13.9. The Hall–Kier alpha value is -0.553. The lowest BCUT2D eigenvalue weighted by Crippen LogP contribution is -2.42. The van der Waals surface area contributed by atoms with Crippen LogP contribution in [0.1, 0.15) is 40.0 Å². The lowest BCUT2D eigenvalue weighted by Gasteiger charge is -2.30. The molecule has 1 unspecified atom stereocenters. The molecule has 1 saturated heterocycles. The fraction of sp³-hybridized carbons (Fsp3) is 0.917. The molecule has 0 aromatic carbocycles. The molecular formula is C12H25NO3Si. The van der Waals surface area contributed by atoms with Crippen molar-refractivity contribution in [3.05, 3.63) is 0 Å². The van der Waals surface area contributed by atoms with E-state index in [1.165, 1.54) is 0 Å². The fourth-order valence-corrected chi connectivity index (χ4v) is 2.11. The van der Waals surface area contributed by atoms with Gasteiger partial charge in [-0.2, -0.15) is 0 Å². The first kappa shape index (κ1) is 14.5. The van der Waals surface area contributed by atoms with Gasteiger partial charge in [0.1, 0.15) is 5.60 Å². The summed E-state index contributed by atoms with van der Waals surface area (Å²) in [5.74, 6) is 0. The molecule has 0 bridgehead atoms. The smallest absolute Gasteiger partial charge is 0.410 e. The molecule has 5 heteroatoms. The van der Waals surface area contributed by atoms with Gasteiger partial charge in [0.15, 0.2) is 0 Å². The van der Waals surface area contributed by atoms with Crippen LogP contribution in [0.3, 0.4) is 0 Å². The first-order valence-electron chi connectivity index (χ1n) is 6.57. The van der Waals surface area contributed by atoms with Crippen molar-refractivity contribution in [2.75, 3.05) is 19.4 Å². The summed E-state index contributed by atoms with van der Waals surface area (Å²) in [5, 5.41) is 0. The van der Waals surface area contributed by atoms with Gasteiger partial charge in [-0.05, 0) is 33.1 Å². The lowest BCUT2D eigenvalue weighted by molar-refractivity contribution is 0.00217. The minimum atomic E-state index is -0.372. The van der Waals surface area contributed by atoms with Gasteiger partial charge < -0.3 is 14.4 Å². The summed E-state index contributed by atoms with van der Waals surface area (Å²) < 4.78 is 11.0. The van der Waals surface area contributed by atoms with Crippen LogP contribution >= 0.6 is 0 Å². The normalized spacial score (nSPS) is 20.9. The predicted octanol–water partition coefficient (Wildman–Crippen LogP) is 1.12. The maximum Gasteiger partial charge on any atom is 0.410 e. The van der Waals surface area contributed by atoms with Crippen LogP contribution in [0.25, 0.3) is 0 Å². The van der Waals surface area contributed by atoms with E-state index in [0.29, 0.717) is 6.61 Å². The third kappa shape index (κ3) is 4.31. The van der Waals surface area contributed by atoms with Crippen LogP contribution in [-0.4, -0.2) is 52.3 Å². The van der Waals surface area contributed by atoms with Crippen molar-refractivity contribution in [3.63, 3.8) is 0 Å². The summed E-state index contributed by atoms with van der Waals surface area (Å²) in [6, 6.07) is 0.212. The van der Waals surface area contributed by atoms with E-state index in [-0.39, 0.29) is 17.7 Å². The van der Waals surface area contributed by atoms with Crippen LogP contribution < -0.4 is 0 Å². The second-order valence-corrected chi connectivity index (χ2v) is 5.71. The van der Waals surface area contributed by atoms with E-state index in [2.05, 4.69) is 0 Å². The van der Waals surface area contributed by atoms with Crippen LogP contribution in [0.5, 0.6) is 0 Å². The van der Waals surface area contributed by atoms with E-state index in [0.717, 1.165) is 42.3 Å². The Labute approximate surface area is 107 Å². The van der Waals surface area contributed by atoms with Crippen LogP contribution in [0.15, 0.2) is 0 Å². The summed E-state index contributed by atoms with van der Waals surface area (Å²) in [6.07, 6.45) is 3.56. The highest BCUT2D eigenvalue weighted by atomic mass is 28.1. The molecule has 4 nitrogen and oxygen atoms in total. The van der Waals surface area contributed by atoms with Crippen molar-refractivity contribution in [2.24, 2.45) is 0 Å². The molecule has 1 aliphatic heterocycles. The minimum Gasteiger partial charge on any atom is -0.443 e. The Kier molecular flexibility index (Phi) is 5.46. The van der Waals surface area contributed by atoms with Gasteiger partial charge in [0.2, 0.25) is 0 Å². The Morgan fingerprint density at radius 1 is 1.53 bits per heavy atom. The molecule has 0 aromatic heterocycles. The zero-order valence-corrected chi connectivity index (χ0v) is 13.5. The number of nitrogens with zero attached hydrogens (tertiary/aromatic N) is 1. The van der Waals surface area contributed by atoms with Crippen molar-refractivity contribution < 1.29 is 14.3 Å². The van der Waals surface area contributed by atoms with E-state index in [1.54, 1.807) is 0 Å². The second-order valence-electron chi connectivity index (χ2n) is 5.13. The van der Waals surface area contributed by atoms with Crippen molar-refractivity contribution in [2.45, 2.75) is 51.7 Å². The third-order valence-corrected chi connectivity index (χ3v) is 3.75. The van der Waals surface area contributed by atoms with Gasteiger partial charge >= 0.3 is 6.09 Å². The molecule has 0 saturated carbocycles. The molecule has 1 aliphatic rings. The number of likely N-dealkylation sites (tertiary alicyclic amines) is 1. The highest BCUT2D eigenvalue weighted by Gasteiger charge is 2.32. The molecule has 1 atom stereocenters. The van der Waals surface area contributed by atoms with E-state index >= 15 is 0 Å². The Bertz CT molecular complexity index is 258. The SMILES string of the molecule is CCC(C)(C)OC(=O)N1CCCC1COC[SiH3]. The van der Waals surface area contributed by atoms with Gasteiger partial charge in [-0.1, -0.05) is 6.92 Å². The average Bonchev–Trinajstić information content (AvgIpc) is 2.74. The number of rotatable bonds is 5. The Morgan fingerprint density at radius 2 is 2.24 bits per heavy atom. The van der Waals surface area contributed by atoms with E-state index in [4.69, 9.17) is 9.47 Å². The van der Waals surface area contributed by atoms with Crippen molar-refractivity contribution in [1.82, 2.24) is 4.90 Å². The van der Waals surface area contributed by atoms with Gasteiger partial charge in [-0.15, -0.1) is 0 Å². The molecule has 0 aliphatic carbocycles. The van der Waals surface area contributed by atoms with Gasteiger partial charge in [-0.25, -0.2) is 4.79 Å². The van der Waals surface area contributed by atoms with Crippen LogP contribution in [0, 0.1) is 0 Å². The molecular weight excluding hydrogens is 234 g/mol. The Balaban J connectivity index is 2.50. The molecule has 17 heavy (non-hydrogen) atoms. The van der Waals surface area contributed by atoms with Crippen molar-refractivity contribution in [1.29, 1.82) is 0 Å². The van der Waals surface area contributed by atoms with Gasteiger partial charge in [0.05, 0.1) is 12.6 Å². The number of ether oxygens (including phenoxy) is 2. The highest BCUT2D eigenvalue weighted by Crippen LogP contribution is 2.22. The molecule has 0 N–H and O–H groups in total. The maximum atomic E-state index is 12.1. The number of hydrogen-bond donors (Lipinski definition) is 0. The molecule has 1 amide bonds. The summed E-state index contributed by atoms with van der Waals surface area (Å²) in [6.45, 7) is 7.38. The average molecular weight is 259 g/mol. The predicted molar refractivity (Wildman–Crippen MR) is 71.3 cm³/mol. The summed E-state index contributed by atoms with van der Waals surface area (Å²) >= 11 is 0. The minimum absolute atomic E-state index is 0.184. The van der Waals surface area contributed by atoms with Crippen molar-refractivity contribution >= 4 is 16.3 Å². The monoisotopic (exact) mass is 259 g/mol. The van der Waals surface area contributed by atoms with E-state index in [1.807, 2.05) is 25.7 Å². The molecule has 1 rings (SSSR count). The molecule has 100 valence electrons. The summed E-state index contributed by atoms with van der Waals surface area (Å²) in [7, 11) is 1.05. The van der Waals surface area contributed by atoms with Crippen LogP contribution in [-0.2, 0) is 9.47 Å². The number of amides is 1. The van der Waals surface area contributed by atoms with Crippen LogP contribution in [0.4, 0.5) is 4.79 Å². The van der Waals surface area contributed by atoms with Gasteiger partial charge in [-0.3, -0.25) is 0 Å². The zero-order valence-electron chi connectivity index (χ0n) is 11.5. The number of hydrogen-bond acceptors (Lipinski definition) is 3.